The minimum Gasteiger partial charge on any atom is -0.341 e. The Hall–Kier alpha value is -2.86. The highest BCUT2D eigenvalue weighted by Crippen LogP contribution is 2.24. The van der Waals surface area contributed by atoms with Gasteiger partial charge in [0.15, 0.2) is 11.0 Å². The highest BCUT2D eigenvalue weighted by Gasteiger charge is 2.16. The van der Waals surface area contributed by atoms with Crippen LogP contribution in [0.3, 0.4) is 0 Å². The number of thioether (sulfide) groups is 1. The van der Waals surface area contributed by atoms with Gasteiger partial charge in [-0.1, -0.05) is 78.0 Å². The Morgan fingerprint density at radius 1 is 1.14 bits per heavy atom. The van der Waals surface area contributed by atoms with Gasteiger partial charge in [0, 0.05) is 25.7 Å². The summed E-state index contributed by atoms with van der Waals surface area (Å²) >= 11 is 1.40. The van der Waals surface area contributed by atoms with E-state index in [9.17, 15) is 4.79 Å². The number of amides is 1. The minimum atomic E-state index is 0.0555. The first-order valence-electron chi connectivity index (χ1n) is 9.10. The first kappa shape index (κ1) is 19.9. The van der Waals surface area contributed by atoms with Gasteiger partial charge in [-0.25, -0.2) is 0 Å². The van der Waals surface area contributed by atoms with E-state index in [1.54, 1.807) is 4.90 Å². The van der Waals surface area contributed by atoms with Crippen molar-refractivity contribution in [1.82, 2.24) is 19.7 Å². The van der Waals surface area contributed by atoms with E-state index in [4.69, 9.17) is 0 Å². The lowest BCUT2D eigenvalue weighted by molar-refractivity contribution is -0.127. The molecule has 1 amide bonds. The van der Waals surface area contributed by atoms with Crippen LogP contribution < -0.4 is 0 Å². The van der Waals surface area contributed by atoms with E-state index in [-0.39, 0.29) is 5.91 Å². The molecule has 144 valence electrons. The molecule has 0 unspecified atom stereocenters. The summed E-state index contributed by atoms with van der Waals surface area (Å²) in [5.74, 6) is 1.15. The van der Waals surface area contributed by atoms with Crippen molar-refractivity contribution in [3.8, 4) is 11.4 Å². The number of carbonyl (C=O) groups excluding carboxylic acids is 1. The van der Waals surface area contributed by atoms with Crippen LogP contribution in [0.25, 0.3) is 11.4 Å². The molecule has 3 aromatic rings. The number of aryl methyl sites for hydroxylation is 1. The van der Waals surface area contributed by atoms with Crippen LogP contribution in [-0.2, 0) is 17.9 Å². The van der Waals surface area contributed by atoms with Gasteiger partial charge in [-0.15, -0.1) is 16.8 Å². The van der Waals surface area contributed by atoms with E-state index in [1.165, 1.54) is 17.3 Å². The number of nitrogens with zero attached hydrogens (tertiary/aromatic N) is 4. The molecule has 6 heteroatoms. The van der Waals surface area contributed by atoms with Gasteiger partial charge in [0.1, 0.15) is 0 Å². The summed E-state index contributed by atoms with van der Waals surface area (Å²) in [5, 5.41) is 9.34. The third-order valence-electron chi connectivity index (χ3n) is 4.35. The molecule has 0 atom stereocenters. The van der Waals surface area contributed by atoms with Crippen molar-refractivity contribution in [1.29, 1.82) is 0 Å². The Morgan fingerprint density at radius 2 is 1.86 bits per heavy atom. The molecule has 5 nitrogen and oxygen atoms in total. The zero-order valence-corrected chi connectivity index (χ0v) is 17.0. The zero-order chi connectivity index (χ0) is 19.9. The lowest BCUT2D eigenvalue weighted by Gasteiger charge is -2.17. The summed E-state index contributed by atoms with van der Waals surface area (Å²) in [7, 11) is 1.83. The van der Waals surface area contributed by atoms with E-state index >= 15 is 0 Å². The molecule has 2 aromatic carbocycles. The normalized spacial score (nSPS) is 10.6. The van der Waals surface area contributed by atoms with Gasteiger partial charge in [-0.05, 0) is 12.5 Å². The Kier molecular flexibility index (Phi) is 6.66. The van der Waals surface area contributed by atoms with E-state index in [2.05, 4.69) is 48.0 Å². The van der Waals surface area contributed by atoms with Crippen LogP contribution >= 0.6 is 11.8 Å². The standard InChI is InChI=1S/C22H24N4OS/c1-4-14-26-21(19-8-6-5-7-9-19)23-24-22(26)28-16-20(27)25(3)15-18-12-10-17(2)11-13-18/h4-13H,1,14-16H2,2-3H3. The fourth-order valence-corrected chi connectivity index (χ4v) is 3.67. The molecule has 0 saturated carbocycles. The minimum absolute atomic E-state index is 0.0555. The molecule has 0 N–H and O–H groups in total. The summed E-state index contributed by atoms with van der Waals surface area (Å²) in [4.78, 5) is 14.3. The van der Waals surface area contributed by atoms with Crippen molar-refractivity contribution in [3.05, 3.63) is 78.4 Å². The van der Waals surface area contributed by atoms with Crippen molar-refractivity contribution in [2.24, 2.45) is 0 Å². The van der Waals surface area contributed by atoms with Crippen molar-refractivity contribution < 1.29 is 4.79 Å². The number of hydrogen-bond donors (Lipinski definition) is 0. The maximum Gasteiger partial charge on any atom is 0.233 e. The molecular weight excluding hydrogens is 368 g/mol. The average molecular weight is 393 g/mol. The monoisotopic (exact) mass is 392 g/mol. The lowest BCUT2D eigenvalue weighted by Crippen LogP contribution is -2.27. The van der Waals surface area contributed by atoms with Crippen LogP contribution in [0, 0.1) is 6.92 Å². The van der Waals surface area contributed by atoms with Gasteiger partial charge in [-0.3, -0.25) is 9.36 Å². The third kappa shape index (κ3) is 4.89. The molecule has 0 aliphatic heterocycles. The quantitative estimate of drug-likeness (QED) is 0.426. The molecular formula is C22H24N4OS. The first-order valence-corrected chi connectivity index (χ1v) is 10.1. The molecule has 3 rings (SSSR count). The average Bonchev–Trinajstić information content (AvgIpc) is 3.11. The largest absolute Gasteiger partial charge is 0.341 e. The number of hydrogen-bond acceptors (Lipinski definition) is 4. The zero-order valence-electron chi connectivity index (χ0n) is 16.2. The van der Waals surface area contributed by atoms with Gasteiger partial charge in [-0.2, -0.15) is 0 Å². The fraction of sp³-hybridized carbons (Fsp3) is 0.227. The topological polar surface area (TPSA) is 51.0 Å². The summed E-state index contributed by atoms with van der Waals surface area (Å²) in [6.07, 6.45) is 1.81. The molecule has 1 heterocycles. The molecule has 28 heavy (non-hydrogen) atoms. The molecule has 1 aromatic heterocycles. The third-order valence-corrected chi connectivity index (χ3v) is 5.30. The molecule has 0 aliphatic carbocycles. The van der Waals surface area contributed by atoms with E-state index in [1.807, 2.05) is 48.0 Å². The van der Waals surface area contributed by atoms with Crippen LogP contribution in [0.1, 0.15) is 11.1 Å². The van der Waals surface area contributed by atoms with Crippen LogP contribution in [0.15, 0.2) is 72.4 Å². The van der Waals surface area contributed by atoms with Gasteiger partial charge >= 0.3 is 0 Å². The Labute approximate surface area is 170 Å². The lowest BCUT2D eigenvalue weighted by atomic mass is 10.1. The number of aromatic nitrogens is 3. The van der Waals surface area contributed by atoms with Gasteiger partial charge in [0.25, 0.3) is 0 Å². The second-order valence-corrected chi connectivity index (χ2v) is 7.54. The molecule has 0 radical (unpaired) electrons. The highest BCUT2D eigenvalue weighted by atomic mass is 32.2. The Balaban J connectivity index is 1.66. The highest BCUT2D eigenvalue weighted by molar-refractivity contribution is 7.99. The molecule has 0 aliphatic rings. The van der Waals surface area contributed by atoms with Crippen LogP contribution in [0.5, 0.6) is 0 Å². The van der Waals surface area contributed by atoms with Gasteiger partial charge in [0.2, 0.25) is 5.91 Å². The molecule has 0 spiro atoms. The Bertz CT molecular complexity index is 935. The second kappa shape index (κ2) is 9.37. The molecule has 0 bridgehead atoms. The predicted molar refractivity (Wildman–Crippen MR) is 114 cm³/mol. The van der Waals surface area contributed by atoms with Crippen LogP contribution in [0.2, 0.25) is 0 Å². The van der Waals surface area contributed by atoms with Crippen molar-refractivity contribution >= 4 is 17.7 Å². The predicted octanol–water partition coefficient (Wildman–Crippen LogP) is 4.19. The maximum absolute atomic E-state index is 12.6. The number of allylic oxidation sites excluding steroid dienone is 1. The summed E-state index contributed by atoms with van der Waals surface area (Å²) in [5.41, 5.74) is 3.32. The first-order chi connectivity index (χ1) is 13.6. The van der Waals surface area contributed by atoms with Crippen molar-refractivity contribution in [2.45, 2.75) is 25.2 Å². The Morgan fingerprint density at radius 3 is 2.54 bits per heavy atom. The van der Waals surface area contributed by atoms with Gasteiger partial charge in [0.05, 0.1) is 5.75 Å². The smallest absolute Gasteiger partial charge is 0.233 e. The second-order valence-electron chi connectivity index (χ2n) is 6.60. The fourth-order valence-electron chi connectivity index (χ4n) is 2.78. The summed E-state index contributed by atoms with van der Waals surface area (Å²) in [6.45, 7) is 7.06. The summed E-state index contributed by atoms with van der Waals surface area (Å²) in [6, 6.07) is 18.1. The molecule has 0 saturated heterocycles. The number of carbonyl (C=O) groups is 1. The van der Waals surface area contributed by atoms with E-state index < -0.39 is 0 Å². The van der Waals surface area contributed by atoms with Crippen molar-refractivity contribution in [3.63, 3.8) is 0 Å². The number of benzene rings is 2. The van der Waals surface area contributed by atoms with E-state index in [0.717, 1.165) is 22.1 Å². The van der Waals surface area contributed by atoms with Gasteiger partial charge < -0.3 is 4.90 Å². The van der Waals surface area contributed by atoms with Crippen molar-refractivity contribution in [2.75, 3.05) is 12.8 Å². The van der Waals surface area contributed by atoms with Crippen LogP contribution in [-0.4, -0.2) is 38.4 Å². The summed E-state index contributed by atoms with van der Waals surface area (Å²) < 4.78 is 1.99. The van der Waals surface area contributed by atoms with Crippen LogP contribution in [0.4, 0.5) is 0 Å². The van der Waals surface area contributed by atoms with E-state index in [0.29, 0.717) is 18.8 Å². The number of rotatable bonds is 8. The maximum atomic E-state index is 12.6. The molecule has 0 fully saturated rings. The SMILES string of the molecule is C=CCn1c(SCC(=O)N(C)Cc2ccc(C)cc2)nnc1-c1ccccc1.